The molecule has 0 saturated carbocycles. The fraction of sp³-hybridized carbons (Fsp3) is 0.333. The largest absolute Gasteiger partial charge is 0.381 e. The second kappa shape index (κ2) is 4.82. The Morgan fingerprint density at radius 2 is 0.947 bits per heavy atom. The molecule has 0 bridgehead atoms. The summed E-state index contributed by atoms with van der Waals surface area (Å²) in [6.45, 7) is 10.1. The molecule has 2 aromatic rings. The number of aryl methyl sites for hydroxylation is 4. The summed E-state index contributed by atoms with van der Waals surface area (Å²) in [5.41, 5.74) is 5.62. The van der Waals surface area contributed by atoms with Gasteiger partial charge in [-0.15, -0.1) is 0 Å². The van der Waals surface area contributed by atoms with E-state index in [-0.39, 0.29) is 0 Å². The van der Waals surface area contributed by atoms with E-state index in [1.165, 1.54) is 0 Å². The van der Waals surface area contributed by atoms with Crippen LogP contribution < -0.4 is 0 Å². The standard InChI is InChI=1S/C18H22O/c1-12-8-6-9-13(2)16(12)18(5,19)17-14(3)10-7-11-15(17)4/h6-11,19H,1-5H3. The van der Waals surface area contributed by atoms with Crippen LogP contribution in [0, 0.1) is 27.7 Å². The summed E-state index contributed by atoms with van der Waals surface area (Å²) in [5.74, 6) is 0. The molecule has 0 aromatic heterocycles. The molecule has 19 heavy (non-hydrogen) atoms. The molecule has 0 aliphatic heterocycles. The molecular formula is C18H22O. The summed E-state index contributed by atoms with van der Waals surface area (Å²) in [6, 6.07) is 12.3. The molecule has 0 spiro atoms. The predicted octanol–water partition coefficient (Wildman–Crippen LogP) is 4.18. The lowest BCUT2D eigenvalue weighted by Crippen LogP contribution is -2.27. The summed E-state index contributed by atoms with van der Waals surface area (Å²) in [4.78, 5) is 0. The van der Waals surface area contributed by atoms with Crippen LogP contribution in [0.15, 0.2) is 36.4 Å². The molecule has 2 rings (SSSR count). The highest BCUT2D eigenvalue weighted by Crippen LogP contribution is 2.36. The van der Waals surface area contributed by atoms with E-state index in [1.54, 1.807) is 0 Å². The van der Waals surface area contributed by atoms with Crippen LogP contribution in [0.25, 0.3) is 0 Å². The van der Waals surface area contributed by atoms with Gasteiger partial charge < -0.3 is 5.11 Å². The molecule has 0 unspecified atom stereocenters. The van der Waals surface area contributed by atoms with Gasteiger partial charge in [0.15, 0.2) is 0 Å². The van der Waals surface area contributed by atoms with Crippen molar-refractivity contribution in [2.24, 2.45) is 0 Å². The highest BCUT2D eigenvalue weighted by atomic mass is 16.3. The zero-order valence-electron chi connectivity index (χ0n) is 12.4. The average molecular weight is 254 g/mol. The molecule has 0 saturated heterocycles. The smallest absolute Gasteiger partial charge is 0.113 e. The maximum atomic E-state index is 11.2. The number of benzene rings is 2. The predicted molar refractivity (Wildman–Crippen MR) is 80.5 cm³/mol. The minimum absolute atomic E-state index is 0.954. The molecule has 0 fully saturated rings. The van der Waals surface area contributed by atoms with Gasteiger partial charge in [0.1, 0.15) is 5.60 Å². The van der Waals surface area contributed by atoms with Crippen molar-refractivity contribution in [1.29, 1.82) is 0 Å². The topological polar surface area (TPSA) is 20.2 Å². The maximum absolute atomic E-state index is 11.2. The Balaban J connectivity index is 2.73. The van der Waals surface area contributed by atoms with E-state index in [1.807, 2.05) is 19.1 Å². The first-order valence-electron chi connectivity index (χ1n) is 6.71. The van der Waals surface area contributed by atoms with Crippen LogP contribution in [0.2, 0.25) is 0 Å². The molecule has 1 nitrogen and oxygen atoms in total. The number of hydrogen-bond donors (Lipinski definition) is 1. The Morgan fingerprint density at radius 3 is 1.21 bits per heavy atom. The van der Waals surface area contributed by atoms with E-state index in [4.69, 9.17) is 0 Å². The normalized spacial score (nSPS) is 11.7. The average Bonchev–Trinajstić information content (AvgIpc) is 2.27. The first-order chi connectivity index (χ1) is 8.85. The van der Waals surface area contributed by atoms with Crippen molar-refractivity contribution in [3.05, 3.63) is 69.8 Å². The zero-order valence-corrected chi connectivity index (χ0v) is 12.4. The van der Waals surface area contributed by atoms with E-state index in [0.717, 1.165) is 33.4 Å². The van der Waals surface area contributed by atoms with Crippen molar-refractivity contribution in [3.63, 3.8) is 0 Å². The molecule has 0 heterocycles. The van der Waals surface area contributed by atoms with E-state index in [9.17, 15) is 5.11 Å². The second-order valence-corrected chi connectivity index (χ2v) is 5.61. The van der Waals surface area contributed by atoms with Gasteiger partial charge in [0.05, 0.1) is 0 Å². The van der Waals surface area contributed by atoms with Gasteiger partial charge in [0.25, 0.3) is 0 Å². The van der Waals surface area contributed by atoms with Crippen LogP contribution in [0.1, 0.15) is 40.3 Å². The van der Waals surface area contributed by atoms with Crippen LogP contribution in [0.4, 0.5) is 0 Å². The summed E-state index contributed by atoms with van der Waals surface area (Å²) in [5, 5.41) is 11.2. The Hall–Kier alpha value is -1.60. The minimum Gasteiger partial charge on any atom is -0.381 e. The van der Waals surface area contributed by atoms with Crippen LogP contribution in [-0.4, -0.2) is 5.11 Å². The Labute approximate surface area is 115 Å². The second-order valence-electron chi connectivity index (χ2n) is 5.61. The van der Waals surface area contributed by atoms with Crippen LogP contribution in [-0.2, 0) is 5.60 Å². The molecule has 0 aliphatic rings. The third-order valence-electron chi connectivity index (χ3n) is 3.94. The van der Waals surface area contributed by atoms with Crippen molar-refractivity contribution < 1.29 is 5.11 Å². The number of rotatable bonds is 2. The number of aliphatic hydroxyl groups is 1. The SMILES string of the molecule is Cc1cccc(C)c1C(C)(O)c1c(C)cccc1C. The van der Waals surface area contributed by atoms with Gasteiger partial charge in [-0.25, -0.2) is 0 Å². The van der Waals surface area contributed by atoms with Gasteiger partial charge in [-0.1, -0.05) is 36.4 Å². The third kappa shape index (κ3) is 2.31. The van der Waals surface area contributed by atoms with Gasteiger partial charge in [0.2, 0.25) is 0 Å². The zero-order chi connectivity index (χ0) is 14.2. The van der Waals surface area contributed by atoms with Gasteiger partial charge in [-0.3, -0.25) is 0 Å². The lowest BCUT2D eigenvalue weighted by Gasteiger charge is -2.31. The van der Waals surface area contributed by atoms with Gasteiger partial charge in [-0.2, -0.15) is 0 Å². The Bertz CT molecular complexity index is 515. The Kier molecular flexibility index (Phi) is 3.51. The monoisotopic (exact) mass is 254 g/mol. The van der Waals surface area contributed by atoms with Gasteiger partial charge >= 0.3 is 0 Å². The van der Waals surface area contributed by atoms with Crippen molar-refractivity contribution in [1.82, 2.24) is 0 Å². The Morgan fingerprint density at radius 1 is 0.684 bits per heavy atom. The van der Waals surface area contributed by atoms with E-state index < -0.39 is 5.60 Å². The molecule has 0 radical (unpaired) electrons. The molecule has 2 aromatic carbocycles. The third-order valence-corrected chi connectivity index (χ3v) is 3.94. The molecule has 100 valence electrons. The number of hydrogen-bond acceptors (Lipinski definition) is 1. The van der Waals surface area contributed by atoms with Crippen molar-refractivity contribution in [2.45, 2.75) is 40.2 Å². The minimum atomic E-state index is -0.954. The fourth-order valence-electron chi connectivity index (χ4n) is 3.29. The summed E-state index contributed by atoms with van der Waals surface area (Å²) < 4.78 is 0. The molecule has 1 N–H and O–H groups in total. The van der Waals surface area contributed by atoms with Crippen LogP contribution >= 0.6 is 0 Å². The molecular weight excluding hydrogens is 232 g/mol. The summed E-state index contributed by atoms with van der Waals surface area (Å²) in [7, 11) is 0. The lowest BCUT2D eigenvalue weighted by atomic mass is 9.79. The van der Waals surface area contributed by atoms with Crippen molar-refractivity contribution in [2.75, 3.05) is 0 Å². The van der Waals surface area contributed by atoms with Crippen molar-refractivity contribution in [3.8, 4) is 0 Å². The van der Waals surface area contributed by atoms with Crippen molar-refractivity contribution >= 4 is 0 Å². The molecule has 1 heteroatoms. The molecule has 0 aliphatic carbocycles. The van der Waals surface area contributed by atoms with E-state index in [0.29, 0.717) is 0 Å². The highest BCUT2D eigenvalue weighted by molar-refractivity contribution is 5.49. The maximum Gasteiger partial charge on any atom is 0.113 e. The fourth-order valence-corrected chi connectivity index (χ4v) is 3.29. The summed E-state index contributed by atoms with van der Waals surface area (Å²) in [6.07, 6.45) is 0. The van der Waals surface area contributed by atoms with Gasteiger partial charge in [-0.05, 0) is 68.0 Å². The van der Waals surface area contributed by atoms with E-state index in [2.05, 4.69) is 52.0 Å². The molecule has 0 atom stereocenters. The first kappa shape index (κ1) is 13.8. The highest BCUT2D eigenvalue weighted by Gasteiger charge is 2.31. The van der Waals surface area contributed by atoms with Gasteiger partial charge in [0, 0.05) is 0 Å². The quantitative estimate of drug-likeness (QED) is 0.852. The van der Waals surface area contributed by atoms with E-state index >= 15 is 0 Å². The first-order valence-corrected chi connectivity index (χ1v) is 6.71. The van der Waals surface area contributed by atoms with Crippen LogP contribution in [0.5, 0.6) is 0 Å². The van der Waals surface area contributed by atoms with Crippen LogP contribution in [0.3, 0.4) is 0 Å². The summed E-state index contributed by atoms with van der Waals surface area (Å²) >= 11 is 0. The molecule has 0 amide bonds. The lowest BCUT2D eigenvalue weighted by molar-refractivity contribution is 0.0994.